The average molecular weight is 416 g/mol. The van der Waals surface area contributed by atoms with E-state index in [1.807, 2.05) is 0 Å². The van der Waals surface area contributed by atoms with Crippen molar-refractivity contribution in [3.63, 3.8) is 0 Å². The van der Waals surface area contributed by atoms with Gasteiger partial charge in [0.1, 0.15) is 11.6 Å². The molecule has 3 aromatic carbocycles. The predicted octanol–water partition coefficient (Wildman–Crippen LogP) is 4.04. The SMILES string of the molecule is CN(Cc1ccc(F)cc1)C(=O)c1ccccc1NS(=O)(=O)c1ccc(F)cc1. The molecule has 1 amide bonds. The highest BCUT2D eigenvalue weighted by Crippen LogP contribution is 2.22. The summed E-state index contributed by atoms with van der Waals surface area (Å²) in [5, 5.41) is 0. The van der Waals surface area contributed by atoms with Gasteiger partial charge >= 0.3 is 0 Å². The Balaban J connectivity index is 1.83. The van der Waals surface area contributed by atoms with E-state index < -0.39 is 21.7 Å². The third kappa shape index (κ3) is 4.97. The molecule has 0 spiro atoms. The van der Waals surface area contributed by atoms with Gasteiger partial charge in [0.15, 0.2) is 0 Å². The lowest BCUT2D eigenvalue weighted by Gasteiger charge is -2.20. The van der Waals surface area contributed by atoms with Gasteiger partial charge in [0.2, 0.25) is 0 Å². The first kappa shape index (κ1) is 20.5. The number of benzene rings is 3. The van der Waals surface area contributed by atoms with Gasteiger partial charge in [-0.3, -0.25) is 9.52 Å². The largest absolute Gasteiger partial charge is 0.337 e. The highest BCUT2D eigenvalue weighted by molar-refractivity contribution is 7.92. The fraction of sp³-hybridized carbons (Fsp3) is 0.0952. The molecule has 0 bridgehead atoms. The summed E-state index contributed by atoms with van der Waals surface area (Å²) in [5.41, 5.74) is 0.988. The Labute approximate surface area is 167 Å². The van der Waals surface area contributed by atoms with Crippen LogP contribution < -0.4 is 4.72 Å². The Morgan fingerprint density at radius 1 is 0.897 bits per heavy atom. The van der Waals surface area contributed by atoms with Crippen molar-refractivity contribution in [3.05, 3.63) is 95.6 Å². The van der Waals surface area contributed by atoms with Gasteiger partial charge in [-0.25, -0.2) is 17.2 Å². The quantitative estimate of drug-likeness (QED) is 0.660. The molecular formula is C21H18F2N2O3S. The number of rotatable bonds is 6. The van der Waals surface area contributed by atoms with Gasteiger partial charge in [-0.2, -0.15) is 0 Å². The van der Waals surface area contributed by atoms with Gasteiger partial charge in [-0.05, 0) is 54.1 Å². The Morgan fingerprint density at radius 2 is 1.45 bits per heavy atom. The highest BCUT2D eigenvalue weighted by atomic mass is 32.2. The Hall–Kier alpha value is -3.26. The third-order valence-electron chi connectivity index (χ3n) is 4.21. The second kappa shape index (κ2) is 8.40. The van der Waals surface area contributed by atoms with Crippen molar-refractivity contribution in [1.29, 1.82) is 0 Å². The number of hydrogen-bond acceptors (Lipinski definition) is 3. The summed E-state index contributed by atoms with van der Waals surface area (Å²) < 4.78 is 53.7. The summed E-state index contributed by atoms with van der Waals surface area (Å²) in [6, 6.07) is 16.3. The van der Waals surface area contributed by atoms with E-state index in [2.05, 4.69) is 4.72 Å². The number of carbonyl (C=O) groups excluding carboxylic acids is 1. The number of hydrogen-bond donors (Lipinski definition) is 1. The van der Waals surface area contributed by atoms with Gasteiger partial charge in [0.05, 0.1) is 16.1 Å². The molecule has 5 nitrogen and oxygen atoms in total. The summed E-state index contributed by atoms with van der Waals surface area (Å²) in [7, 11) is -2.44. The lowest BCUT2D eigenvalue weighted by molar-refractivity contribution is 0.0786. The number of nitrogens with one attached hydrogen (secondary N) is 1. The fourth-order valence-corrected chi connectivity index (χ4v) is 3.80. The normalized spacial score (nSPS) is 11.1. The second-order valence-electron chi connectivity index (χ2n) is 6.39. The van der Waals surface area contributed by atoms with Crippen LogP contribution in [0.15, 0.2) is 77.7 Å². The van der Waals surface area contributed by atoms with Crippen LogP contribution in [0.1, 0.15) is 15.9 Å². The van der Waals surface area contributed by atoms with Crippen LogP contribution in [-0.4, -0.2) is 26.3 Å². The number of nitrogens with zero attached hydrogens (tertiary/aromatic N) is 1. The molecular weight excluding hydrogens is 398 g/mol. The van der Waals surface area contributed by atoms with Gasteiger partial charge in [-0.15, -0.1) is 0 Å². The minimum atomic E-state index is -4.00. The smallest absolute Gasteiger partial charge is 0.261 e. The first-order valence-electron chi connectivity index (χ1n) is 8.63. The fourth-order valence-electron chi connectivity index (χ4n) is 2.72. The lowest BCUT2D eigenvalue weighted by Crippen LogP contribution is -2.27. The summed E-state index contributed by atoms with van der Waals surface area (Å²) in [6.45, 7) is 0.220. The summed E-state index contributed by atoms with van der Waals surface area (Å²) in [6.07, 6.45) is 0. The van der Waals surface area contributed by atoms with Gasteiger partial charge in [-0.1, -0.05) is 24.3 Å². The number of anilines is 1. The number of para-hydroxylation sites is 1. The zero-order chi connectivity index (χ0) is 21.0. The van der Waals surface area contributed by atoms with E-state index >= 15 is 0 Å². The first-order valence-corrected chi connectivity index (χ1v) is 10.1. The molecule has 0 fully saturated rings. The molecule has 0 atom stereocenters. The molecule has 3 aromatic rings. The second-order valence-corrected chi connectivity index (χ2v) is 8.08. The van der Waals surface area contributed by atoms with Crippen LogP contribution in [0.5, 0.6) is 0 Å². The minimum Gasteiger partial charge on any atom is -0.337 e. The van der Waals surface area contributed by atoms with Crippen molar-refractivity contribution in [3.8, 4) is 0 Å². The summed E-state index contributed by atoms with van der Waals surface area (Å²) >= 11 is 0. The Bertz CT molecular complexity index is 1120. The molecule has 29 heavy (non-hydrogen) atoms. The molecule has 1 N–H and O–H groups in total. The van der Waals surface area contributed by atoms with Crippen molar-refractivity contribution in [2.45, 2.75) is 11.4 Å². The molecule has 0 aliphatic rings. The van der Waals surface area contributed by atoms with Crippen molar-refractivity contribution in [1.82, 2.24) is 4.90 Å². The molecule has 0 saturated carbocycles. The molecule has 8 heteroatoms. The Kier molecular flexibility index (Phi) is 5.93. The number of halogens is 2. The monoisotopic (exact) mass is 416 g/mol. The first-order chi connectivity index (χ1) is 13.8. The Morgan fingerprint density at radius 3 is 2.07 bits per heavy atom. The molecule has 0 saturated heterocycles. The van der Waals surface area contributed by atoms with Crippen LogP contribution in [0.3, 0.4) is 0 Å². The number of sulfonamides is 1. The maximum atomic E-state index is 13.1. The van der Waals surface area contributed by atoms with Crippen LogP contribution in [0, 0.1) is 11.6 Å². The van der Waals surface area contributed by atoms with E-state index in [0.29, 0.717) is 0 Å². The van der Waals surface area contributed by atoms with Crippen LogP contribution in [0.25, 0.3) is 0 Å². The lowest BCUT2D eigenvalue weighted by atomic mass is 10.1. The van der Waals surface area contributed by atoms with E-state index in [1.165, 1.54) is 29.2 Å². The number of amides is 1. The van der Waals surface area contributed by atoms with Gasteiger partial charge in [0, 0.05) is 13.6 Å². The van der Waals surface area contributed by atoms with Crippen LogP contribution in [-0.2, 0) is 16.6 Å². The van der Waals surface area contributed by atoms with E-state index in [4.69, 9.17) is 0 Å². The van der Waals surface area contributed by atoms with Crippen LogP contribution >= 0.6 is 0 Å². The molecule has 0 heterocycles. The predicted molar refractivity (Wildman–Crippen MR) is 106 cm³/mol. The van der Waals surface area contributed by atoms with Crippen molar-refractivity contribution >= 4 is 21.6 Å². The van der Waals surface area contributed by atoms with Crippen LogP contribution in [0.2, 0.25) is 0 Å². The molecule has 0 aliphatic heterocycles. The van der Waals surface area contributed by atoms with E-state index in [1.54, 1.807) is 31.3 Å². The standard InChI is InChI=1S/C21H18F2N2O3S/c1-25(14-15-6-8-16(22)9-7-15)21(26)19-4-2-3-5-20(19)24-29(27,28)18-12-10-17(23)11-13-18/h2-13,24H,14H2,1H3. The highest BCUT2D eigenvalue weighted by Gasteiger charge is 2.20. The maximum absolute atomic E-state index is 13.1. The molecule has 0 aromatic heterocycles. The van der Waals surface area contributed by atoms with Gasteiger partial charge < -0.3 is 4.90 Å². The molecule has 0 radical (unpaired) electrons. The van der Waals surface area contributed by atoms with E-state index in [-0.39, 0.29) is 28.5 Å². The van der Waals surface area contributed by atoms with E-state index in [9.17, 15) is 22.0 Å². The molecule has 3 rings (SSSR count). The van der Waals surface area contributed by atoms with Gasteiger partial charge in [0.25, 0.3) is 15.9 Å². The third-order valence-corrected chi connectivity index (χ3v) is 5.59. The molecule has 150 valence electrons. The zero-order valence-corrected chi connectivity index (χ0v) is 16.3. The molecule has 0 aliphatic carbocycles. The topological polar surface area (TPSA) is 66.5 Å². The number of carbonyl (C=O) groups is 1. The zero-order valence-electron chi connectivity index (χ0n) is 15.5. The summed E-state index contributed by atoms with van der Waals surface area (Å²) in [4.78, 5) is 14.1. The van der Waals surface area contributed by atoms with Crippen molar-refractivity contribution in [2.75, 3.05) is 11.8 Å². The minimum absolute atomic E-state index is 0.104. The van der Waals surface area contributed by atoms with Crippen molar-refractivity contribution in [2.24, 2.45) is 0 Å². The van der Waals surface area contributed by atoms with Crippen LogP contribution in [0.4, 0.5) is 14.5 Å². The summed E-state index contributed by atoms with van der Waals surface area (Å²) in [5.74, 6) is -1.34. The maximum Gasteiger partial charge on any atom is 0.261 e. The average Bonchev–Trinajstić information content (AvgIpc) is 2.69. The van der Waals surface area contributed by atoms with E-state index in [0.717, 1.165) is 29.8 Å². The van der Waals surface area contributed by atoms with Crippen molar-refractivity contribution < 1.29 is 22.0 Å². The molecule has 0 unspecified atom stereocenters.